The zero-order valence-electron chi connectivity index (χ0n) is 10.8. The summed E-state index contributed by atoms with van der Waals surface area (Å²) in [7, 11) is 0. The Bertz CT molecular complexity index is 797. The lowest BCUT2D eigenvalue weighted by atomic mass is 10.1. The summed E-state index contributed by atoms with van der Waals surface area (Å²) < 4.78 is 0. The maximum absolute atomic E-state index is 6.11. The topological polar surface area (TPSA) is 28.8 Å². The van der Waals surface area contributed by atoms with E-state index in [-0.39, 0.29) is 0 Å². The van der Waals surface area contributed by atoms with Crippen molar-refractivity contribution < 1.29 is 0 Å². The Balaban J connectivity index is 1.85. The molecule has 4 rings (SSSR count). The largest absolute Gasteiger partial charge is 0.353 e. The molecule has 20 heavy (non-hydrogen) atoms. The summed E-state index contributed by atoms with van der Waals surface area (Å²) in [4.78, 5) is 11.1. The Morgan fingerprint density at radius 1 is 0.900 bits per heavy atom. The summed E-state index contributed by atoms with van der Waals surface area (Å²) >= 11 is 6.11. The Labute approximate surface area is 121 Å². The van der Waals surface area contributed by atoms with Crippen molar-refractivity contribution >= 4 is 28.2 Å². The fourth-order valence-electron chi connectivity index (χ4n) is 2.30. The lowest BCUT2D eigenvalue weighted by Crippen LogP contribution is -1.98. The summed E-state index contributed by atoms with van der Waals surface area (Å²) in [6.07, 6.45) is 0. The zero-order chi connectivity index (χ0) is 13.5. The van der Waals surface area contributed by atoms with Crippen LogP contribution in [-0.2, 0) is 0 Å². The molecule has 0 spiro atoms. The van der Waals surface area contributed by atoms with E-state index in [9.17, 15) is 0 Å². The molecule has 2 heterocycles. The first-order chi connectivity index (χ1) is 9.79. The maximum atomic E-state index is 6.11. The van der Waals surface area contributed by atoms with Crippen molar-refractivity contribution in [1.29, 1.82) is 0 Å². The quantitative estimate of drug-likeness (QED) is 0.529. The van der Waals surface area contributed by atoms with Crippen molar-refractivity contribution in [3.8, 4) is 11.4 Å². The number of rotatable bonds is 2. The van der Waals surface area contributed by atoms with E-state index in [1.165, 1.54) is 10.8 Å². The molecule has 1 saturated heterocycles. The Kier molecular flexibility index (Phi) is 2.60. The number of aromatic nitrogens is 2. The second kappa shape index (κ2) is 4.46. The van der Waals surface area contributed by atoms with Crippen molar-refractivity contribution in [2.45, 2.75) is 0 Å². The molecule has 0 N–H and O–H groups in total. The van der Waals surface area contributed by atoms with E-state index in [0.717, 1.165) is 24.5 Å². The molecule has 3 nitrogen and oxygen atoms in total. The second-order valence-electron chi connectivity index (χ2n) is 4.92. The van der Waals surface area contributed by atoms with Crippen LogP contribution in [0.25, 0.3) is 22.2 Å². The molecule has 1 aliphatic rings. The van der Waals surface area contributed by atoms with Gasteiger partial charge in [-0.1, -0.05) is 48.0 Å². The molecule has 4 heteroatoms. The third kappa shape index (κ3) is 2.10. The van der Waals surface area contributed by atoms with Gasteiger partial charge in [0.25, 0.3) is 0 Å². The van der Waals surface area contributed by atoms with Gasteiger partial charge in [0.15, 0.2) is 5.82 Å². The third-order valence-corrected chi connectivity index (χ3v) is 3.65. The van der Waals surface area contributed by atoms with Gasteiger partial charge in [0.1, 0.15) is 11.0 Å². The van der Waals surface area contributed by atoms with Crippen molar-refractivity contribution in [1.82, 2.24) is 9.97 Å². The first-order valence-corrected chi connectivity index (χ1v) is 6.96. The molecular weight excluding hydrogens is 270 g/mol. The standard InChI is InChI=1S/C16H12ClN3/c17-14-10-15(20-7-8-20)19-16(18-14)13-6-5-11-3-1-2-4-12(11)9-13/h1-6,9-10H,7-8H2. The number of hydrogen-bond acceptors (Lipinski definition) is 3. The van der Waals surface area contributed by atoms with Gasteiger partial charge in [0.05, 0.1) is 0 Å². The van der Waals surface area contributed by atoms with E-state index >= 15 is 0 Å². The molecule has 0 saturated carbocycles. The van der Waals surface area contributed by atoms with E-state index in [0.29, 0.717) is 11.0 Å². The van der Waals surface area contributed by atoms with Crippen LogP contribution in [0.5, 0.6) is 0 Å². The summed E-state index contributed by atoms with van der Waals surface area (Å²) in [5.41, 5.74) is 0.995. The van der Waals surface area contributed by atoms with Crippen molar-refractivity contribution in [3.63, 3.8) is 0 Å². The third-order valence-electron chi connectivity index (χ3n) is 3.46. The first-order valence-electron chi connectivity index (χ1n) is 6.58. The Hall–Kier alpha value is -2.13. The highest BCUT2D eigenvalue weighted by atomic mass is 35.5. The predicted molar refractivity (Wildman–Crippen MR) is 82.2 cm³/mol. The van der Waals surface area contributed by atoms with Crippen LogP contribution in [0.2, 0.25) is 5.15 Å². The van der Waals surface area contributed by atoms with Crippen LogP contribution in [0.3, 0.4) is 0 Å². The highest BCUT2D eigenvalue weighted by Crippen LogP contribution is 2.27. The molecule has 1 aliphatic heterocycles. The summed E-state index contributed by atoms with van der Waals surface area (Å²) in [5, 5.41) is 2.89. The van der Waals surface area contributed by atoms with Crippen LogP contribution >= 0.6 is 11.6 Å². The predicted octanol–water partition coefficient (Wildman–Crippen LogP) is 3.77. The number of benzene rings is 2. The molecular formula is C16H12ClN3. The van der Waals surface area contributed by atoms with Crippen LogP contribution < -0.4 is 4.90 Å². The van der Waals surface area contributed by atoms with Crippen LogP contribution in [-0.4, -0.2) is 23.1 Å². The minimum Gasteiger partial charge on any atom is -0.353 e. The fourth-order valence-corrected chi connectivity index (χ4v) is 2.48. The summed E-state index contributed by atoms with van der Waals surface area (Å²) in [5.74, 6) is 1.60. The lowest BCUT2D eigenvalue weighted by Gasteiger charge is -2.07. The van der Waals surface area contributed by atoms with Crippen LogP contribution in [0.4, 0.5) is 5.82 Å². The smallest absolute Gasteiger partial charge is 0.163 e. The number of halogens is 1. The molecule has 0 bridgehead atoms. The van der Waals surface area contributed by atoms with Crippen LogP contribution in [0.1, 0.15) is 0 Å². The van der Waals surface area contributed by atoms with Gasteiger partial charge in [-0.2, -0.15) is 0 Å². The van der Waals surface area contributed by atoms with E-state index in [1.54, 1.807) is 0 Å². The normalized spacial score (nSPS) is 13.8. The lowest BCUT2D eigenvalue weighted by molar-refractivity contribution is 1.14. The Morgan fingerprint density at radius 3 is 2.50 bits per heavy atom. The van der Waals surface area contributed by atoms with Gasteiger partial charge >= 0.3 is 0 Å². The minimum absolute atomic E-state index is 0.491. The van der Waals surface area contributed by atoms with Gasteiger partial charge < -0.3 is 4.90 Å². The van der Waals surface area contributed by atoms with E-state index < -0.39 is 0 Å². The average molecular weight is 282 g/mol. The number of nitrogens with zero attached hydrogens (tertiary/aromatic N) is 3. The highest BCUT2D eigenvalue weighted by Gasteiger charge is 2.21. The van der Waals surface area contributed by atoms with Crippen molar-refractivity contribution in [2.24, 2.45) is 0 Å². The maximum Gasteiger partial charge on any atom is 0.163 e. The molecule has 0 unspecified atom stereocenters. The zero-order valence-corrected chi connectivity index (χ0v) is 11.5. The molecule has 2 aromatic carbocycles. The minimum atomic E-state index is 0.491. The first kappa shape index (κ1) is 11.7. The molecule has 0 radical (unpaired) electrons. The number of anilines is 1. The van der Waals surface area contributed by atoms with E-state index in [2.05, 4.69) is 39.1 Å². The molecule has 1 aromatic heterocycles. The molecule has 1 fully saturated rings. The fraction of sp³-hybridized carbons (Fsp3) is 0.125. The Morgan fingerprint density at radius 2 is 1.70 bits per heavy atom. The van der Waals surface area contributed by atoms with Crippen molar-refractivity contribution in [3.05, 3.63) is 53.7 Å². The van der Waals surface area contributed by atoms with Gasteiger partial charge in [-0.05, 0) is 16.8 Å². The van der Waals surface area contributed by atoms with Crippen LogP contribution in [0, 0.1) is 0 Å². The van der Waals surface area contributed by atoms with Gasteiger partial charge in [-0.3, -0.25) is 0 Å². The molecule has 0 amide bonds. The number of fused-ring (bicyclic) bond motifs is 1. The number of hydrogen-bond donors (Lipinski definition) is 0. The van der Waals surface area contributed by atoms with Crippen LogP contribution in [0.15, 0.2) is 48.5 Å². The van der Waals surface area contributed by atoms with Gasteiger partial charge in [0.2, 0.25) is 0 Å². The van der Waals surface area contributed by atoms with Gasteiger partial charge in [0, 0.05) is 24.7 Å². The average Bonchev–Trinajstić information content (AvgIpc) is 3.31. The summed E-state index contributed by atoms with van der Waals surface area (Å²) in [6, 6.07) is 16.3. The highest BCUT2D eigenvalue weighted by molar-refractivity contribution is 6.29. The van der Waals surface area contributed by atoms with E-state index in [1.807, 2.05) is 24.3 Å². The molecule has 3 aromatic rings. The van der Waals surface area contributed by atoms with Gasteiger partial charge in [-0.25, -0.2) is 9.97 Å². The summed E-state index contributed by atoms with van der Waals surface area (Å²) in [6.45, 7) is 2.09. The molecule has 0 aliphatic carbocycles. The van der Waals surface area contributed by atoms with Gasteiger partial charge in [-0.15, -0.1) is 0 Å². The SMILES string of the molecule is Clc1cc(N2CC2)nc(-c2ccc3ccccc3c2)n1. The van der Waals surface area contributed by atoms with Crippen molar-refractivity contribution in [2.75, 3.05) is 18.0 Å². The van der Waals surface area contributed by atoms with E-state index in [4.69, 9.17) is 11.6 Å². The molecule has 98 valence electrons. The second-order valence-corrected chi connectivity index (χ2v) is 5.31. The monoisotopic (exact) mass is 281 g/mol. The molecule has 0 atom stereocenters.